The summed E-state index contributed by atoms with van der Waals surface area (Å²) in [7, 11) is 0. The molecule has 1 unspecified atom stereocenters. The van der Waals surface area contributed by atoms with Gasteiger partial charge in [0.2, 0.25) is 11.8 Å². The number of amides is 2. The summed E-state index contributed by atoms with van der Waals surface area (Å²) in [5.74, 6) is -4.61. The zero-order valence-corrected chi connectivity index (χ0v) is 19.9. The number of likely N-dealkylation sites (N-methyl/N-ethyl adjacent to an activating group) is 1. The minimum atomic E-state index is -4.69. The van der Waals surface area contributed by atoms with E-state index in [1.807, 2.05) is 0 Å². The van der Waals surface area contributed by atoms with Crippen molar-refractivity contribution in [1.82, 2.24) is 0 Å². The Bertz CT molecular complexity index is 1480. The van der Waals surface area contributed by atoms with Crippen molar-refractivity contribution in [2.75, 3.05) is 16.3 Å². The number of para-hydroxylation sites is 1. The molecule has 3 aromatic rings. The molecule has 8 nitrogen and oxygen atoms in total. The normalized spacial score (nSPS) is 17.7. The smallest absolute Gasteiger partial charge is 0.416 e. The van der Waals surface area contributed by atoms with Crippen LogP contribution in [0.15, 0.2) is 70.9 Å². The first-order valence-corrected chi connectivity index (χ1v) is 11.7. The first kappa shape index (κ1) is 25.0. The van der Waals surface area contributed by atoms with E-state index in [9.17, 15) is 33.0 Å². The lowest BCUT2D eigenvalue weighted by atomic mass is 9.90. The summed E-state index contributed by atoms with van der Waals surface area (Å²) in [6, 6.07) is 13.2. The molecule has 0 radical (unpaired) electrons. The first-order valence-electron chi connectivity index (χ1n) is 11.7. The highest BCUT2D eigenvalue weighted by atomic mass is 19.4. The second kappa shape index (κ2) is 9.33. The minimum absolute atomic E-state index is 0.0389. The SMILES string of the molecule is CCN1C(=O)C(c2cc(C3C=NN=C3)c(O)cc2O)C(=O)N(c2ccccc2)c2cc(C(F)(F)F)ccc21. The third-order valence-corrected chi connectivity index (χ3v) is 6.51. The molecule has 0 bridgehead atoms. The van der Waals surface area contributed by atoms with Crippen LogP contribution >= 0.6 is 0 Å². The van der Waals surface area contributed by atoms with Gasteiger partial charge in [-0.15, -0.1) is 0 Å². The quantitative estimate of drug-likeness (QED) is 0.466. The number of alkyl halides is 3. The van der Waals surface area contributed by atoms with Crippen molar-refractivity contribution in [3.05, 3.63) is 77.4 Å². The largest absolute Gasteiger partial charge is 0.507 e. The van der Waals surface area contributed by atoms with Crippen molar-refractivity contribution < 1.29 is 33.0 Å². The monoisotopic (exact) mass is 522 g/mol. The molecule has 2 aliphatic heterocycles. The molecule has 3 aromatic carbocycles. The van der Waals surface area contributed by atoms with Crippen LogP contribution in [0.3, 0.4) is 0 Å². The molecular weight excluding hydrogens is 501 g/mol. The molecule has 2 aliphatic rings. The molecule has 1 atom stereocenters. The number of carbonyl (C=O) groups excluding carboxylic acids is 2. The number of aromatic hydroxyl groups is 2. The van der Waals surface area contributed by atoms with Gasteiger partial charge in [0.05, 0.1) is 22.9 Å². The minimum Gasteiger partial charge on any atom is -0.507 e. The van der Waals surface area contributed by atoms with Crippen LogP contribution in [0, 0.1) is 0 Å². The van der Waals surface area contributed by atoms with Crippen LogP contribution in [0.5, 0.6) is 11.5 Å². The number of phenolic OH excluding ortho intramolecular Hbond substituents is 2. The van der Waals surface area contributed by atoms with Crippen LogP contribution in [0.25, 0.3) is 0 Å². The van der Waals surface area contributed by atoms with Gasteiger partial charge >= 0.3 is 6.18 Å². The van der Waals surface area contributed by atoms with E-state index in [0.29, 0.717) is 0 Å². The van der Waals surface area contributed by atoms with E-state index in [2.05, 4.69) is 10.2 Å². The molecule has 0 spiro atoms. The van der Waals surface area contributed by atoms with Crippen LogP contribution in [-0.2, 0) is 15.8 Å². The number of carbonyl (C=O) groups is 2. The van der Waals surface area contributed by atoms with E-state index >= 15 is 0 Å². The third kappa shape index (κ3) is 4.15. The Balaban J connectivity index is 1.76. The number of hydrogen-bond acceptors (Lipinski definition) is 6. The molecule has 11 heteroatoms. The second-order valence-electron chi connectivity index (χ2n) is 8.75. The molecule has 194 valence electrons. The molecule has 0 aliphatic carbocycles. The van der Waals surface area contributed by atoms with Gasteiger partial charge in [-0.1, -0.05) is 18.2 Å². The van der Waals surface area contributed by atoms with Crippen LogP contribution < -0.4 is 9.80 Å². The van der Waals surface area contributed by atoms with E-state index < -0.39 is 41.1 Å². The van der Waals surface area contributed by atoms with Gasteiger partial charge in [0.1, 0.15) is 17.4 Å². The van der Waals surface area contributed by atoms with Crippen molar-refractivity contribution in [2.45, 2.75) is 24.9 Å². The van der Waals surface area contributed by atoms with E-state index in [1.165, 1.54) is 29.5 Å². The highest BCUT2D eigenvalue weighted by Crippen LogP contribution is 2.46. The van der Waals surface area contributed by atoms with Gasteiger partial charge in [0.25, 0.3) is 0 Å². The van der Waals surface area contributed by atoms with Crippen LogP contribution in [0.1, 0.15) is 35.4 Å². The molecule has 5 rings (SSSR count). The zero-order valence-electron chi connectivity index (χ0n) is 19.9. The summed E-state index contributed by atoms with van der Waals surface area (Å²) in [5, 5.41) is 28.8. The molecule has 0 saturated heterocycles. The molecule has 2 heterocycles. The zero-order chi connectivity index (χ0) is 27.2. The van der Waals surface area contributed by atoms with E-state index in [0.717, 1.165) is 23.1 Å². The van der Waals surface area contributed by atoms with Crippen molar-refractivity contribution >= 4 is 41.3 Å². The molecule has 0 saturated carbocycles. The summed E-state index contributed by atoms with van der Waals surface area (Å²) in [5.41, 5.74) is -0.617. The van der Waals surface area contributed by atoms with E-state index in [4.69, 9.17) is 0 Å². The summed E-state index contributed by atoms with van der Waals surface area (Å²) in [6.45, 7) is 1.67. The number of halogens is 3. The predicted molar refractivity (Wildman–Crippen MR) is 135 cm³/mol. The topological polar surface area (TPSA) is 106 Å². The van der Waals surface area contributed by atoms with Crippen LogP contribution in [0.2, 0.25) is 0 Å². The molecule has 2 amide bonds. The van der Waals surface area contributed by atoms with Crippen molar-refractivity contribution in [1.29, 1.82) is 0 Å². The second-order valence-corrected chi connectivity index (χ2v) is 8.75. The number of fused-ring (bicyclic) bond motifs is 1. The Morgan fingerprint density at radius 2 is 1.50 bits per heavy atom. The summed E-state index contributed by atoms with van der Waals surface area (Å²) >= 11 is 0. The lowest BCUT2D eigenvalue weighted by molar-refractivity contribution is -0.137. The maximum atomic E-state index is 14.2. The predicted octanol–water partition coefficient (Wildman–Crippen LogP) is 5.09. The number of benzene rings is 3. The van der Waals surface area contributed by atoms with Crippen LogP contribution in [-0.4, -0.2) is 41.0 Å². The number of hydrogen-bond donors (Lipinski definition) is 2. The van der Waals surface area contributed by atoms with Gasteiger partial charge < -0.3 is 15.1 Å². The van der Waals surface area contributed by atoms with Crippen molar-refractivity contribution in [3.8, 4) is 11.5 Å². The van der Waals surface area contributed by atoms with Gasteiger partial charge in [-0.2, -0.15) is 23.4 Å². The fraction of sp³-hybridized carbons (Fsp3) is 0.185. The van der Waals surface area contributed by atoms with E-state index in [-0.39, 0.29) is 40.5 Å². The molecule has 0 aromatic heterocycles. The highest BCUT2D eigenvalue weighted by molar-refractivity contribution is 6.23. The Morgan fingerprint density at radius 1 is 0.842 bits per heavy atom. The van der Waals surface area contributed by atoms with Crippen molar-refractivity contribution in [3.63, 3.8) is 0 Å². The lowest BCUT2D eigenvalue weighted by Gasteiger charge is -2.26. The van der Waals surface area contributed by atoms with Gasteiger partial charge in [-0.3, -0.25) is 14.5 Å². The number of phenols is 2. The molecule has 0 fully saturated rings. The maximum absolute atomic E-state index is 14.2. The average molecular weight is 522 g/mol. The summed E-state index contributed by atoms with van der Waals surface area (Å²) in [4.78, 5) is 30.4. The fourth-order valence-corrected chi connectivity index (χ4v) is 4.70. The fourth-order valence-electron chi connectivity index (χ4n) is 4.70. The van der Waals surface area contributed by atoms with Gasteiger partial charge in [0.15, 0.2) is 0 Å². The molecule has 38 heavy (non-hydrogen) atoms. The first-order chi connectivity index (χ1) is 18.1. The number of nitrogens with zero attached hydrogens (tertiary/aromatic N) is 4. The Hall–Kier alpha value is -4.67. The Labute approximate surface area is 215 Å². The lowest BCUT2D eigenvalue weighted by Crippen LogP contribution is -2.39. The molecular formula is C27H21F3N4O4. The van der Waals surface area contributed by atoms with E-state index in [1.54, 1.807) is 37.3 Å². The van der Waals surface area contributed by atoms with Gasteiger partial charge in [-0.05, 0) is 43.3 Å². The van der Waals surface area contributed by atoms with Gasteiger partial charge in [0, 0.05) is 41.9 Å². The summed E-state index contributed by atoms with van der Waals surface area (Å²) < 4.78 is 41.1. The average Bonchev–Trinajstić information content (AvgIpc) is 3.39. The molecule has 2 N–H and O–H groups in total. The highest BCUT2D eigenvalue weighted by Gasteiger charge is 2.44. The van der Waals surface area contributed by atoms with Crippen LogP contribution in [0.4, 0.5) is 30.2 Å². The maximum Gasteiger partial charge on any atom is 0.416 e. The van der Waals surface area contributed by atoms with Gasteiger partial charge in [-0.25, -0.2) is 0 Å². The number of rotatable bonds is 4. The Kier molecular flexibility index (Phi) is 6.14. The van der Waals surface area contributed by atoms with Crippen molar-refractivity contribution in [2.24, 2.45) is 10.2 Å². The Morgan fingerprint density at radius 3 is 2.13 bits per heavy atom. The standard InChI is InChI=1S/C27H21F3N4O4/c1-2-33-20-9-8-16(27(28,29)30)10-21(20)34(17-6-4-3-5-7-17)26(38)24(25(33)37)19-11-18(15-13-31-32-14-15)22(35)12-23(19)36/h3-15,24,35-36H,2H2,1H3. The number of anilines is 3. The third-order valence-electron chi connectivity index (χ3n) is 6.51. The summed E-state index contributed by atoms with van der Waals surface area (Å²) in [6.07, 6.45) is -1.81.